The van der Waals surface area contributed by atoms with Crippen molar-refractivity contribution in [1.29, 1.82) is 0 Å². The molecule has 1 aliphatic carbocycles. The van der Waals surface area contributed by atoms with E-state index < -0.39 is 0 Å². The normalized spacial score (nSPS) is 18.4. The van der Waals surface area contributed by atoms with Crippen molar-refractivity contribution in [3.05, 3.63) is 47.0 Å². The highest BCUT2D eigenvalue weighted by Crippen LogP contribution is 2.30. The Morgan fingerprint density at radius 2 is 2.00 bits per heavy atom. The molecule has 0 aliphatic heterocycles. The van der Waals surface area contributed by atoms with Crippen LogP contribution >= 0.6 is 0 Å². The van der Waals surface area contributed by atoms with E-state index in [-0.39, 0.29) is 6.10 Å². The van der Waals surface area contributed by atoms with Crippen LogP contribution in [0.25, 0.3) is 0 Å². The standard InChI is InChI=1S/C16H22O/c1-2-13-9-7-8-12-15(13)16(17)14-10-5-3-4-6-11-14/h7-10,12,16-17H,2-6,11H2,1H3. The van der Waals surface area contributed by atoms with Gasteiger partial charge < -0.3 is 5.11 Å². The van der Waals surface area contributed by atoms with Crippen molar-refractivity contribution < 1.29 is 5.11 Å². The highest BCUT2D eigenvalue weighted by molar-refractivity contribution is 5.34. The summed E-state index contributed by atoms with van der Waals surface area (Å²) in [6, 6.07) is 8.26. The van der Waals surface area contributed by atoms with Crippen LogP contribution in [0.15, 0.2) is 35.9 Å². The van der Waals surface area contributed by atoms with Gasteiger partial charge in [0.2, 0.25) is 0 Å². The van der Waals surface area contributed by atoms with E-state index in [1.54, 1.807) is 0 Å². The van der Waals surface area contributed by atoms with E-state index in [9.17, 15) is 5.11 Å². The van der Waals surface area contributed by atoms with Crippen LogP contribution in [0.4, 0.5) is 0 Å². The summed E-state index contributed by atoms with van der Waals surface area (Å²) in [4.78, 5) is 0. The molecular weight excluding hydrogens is 208 g/mol. The predicted octanol–water partition coefficient (Wildman–Crippen LogP) is 4.17. The number of hydrogen-bond donors (Lipinski definition) is 1. The summed E-state index contributed by atoms with van der Waals surface area (Å²) in [7, 11) is 0. The van der Waals surface area contributed by atoms with E-state index in [1.807, 2.05) is 6.07 Å². The first kappa shape index (κ1) is 12.4. The average Bonchev–Trinajstić information content (AvgIpc) is 2.66. The Labute approximate surface area is 104 Å². The lowest BCUT2D eigenvalue weighted by molar-refractivity contribution is 0.209. The molecule has 0 aromatic heterocycles. The van der Waals surface area contributed by atoms with Crippen molar-refractivity contribution in [2.24, 2.45) is 0 Å². The van der Waals surface area contributed by atoms with Gasteiger partial charge in [0.1, 0.15) is 6.10 Å². The van der Waals surface area contributed by atoms with E-state index in [4.69, 9.17) is 0 Å². The highest BCUT2D eigenvalue weighted by Gasteiger charge is 2.16. The molecule has 2 rings (SSSR count). The summed E-state index contributed by atoms with van der Waals surface area (Å²) < 4.78 is 0. The molecule has 0 heterocycles. The number of allylic oxidation sites excluding steroid dienone is 1. The number of benzene rings is 1. The summed E-state index contributed by atoms with van der Waals surface area (Å²) >= 11 is 0. The van der Waals surface area contributed by atoms with Crippen molar-refractivity contribution >= 4 is 0 Å². The molecule has 17 heavy (non-hydrogen) atoms. The first-order valence-electron chi connectivity index (χ1n) is 6.77. The maximum absolute atomic E-state index is 10.5. The van der Waals surface area contributed by atoms with Gasteiger partial charge in [0, 0.05) is 0 Å². The van der Waals surface area contributed by atoms with Gasteiger partial charge in [-0.3, -0.25) is 0 Å². The highest BCUT2D eigenvalue weighted by atomic mass is 16.3. The van der Waals surface area contributed by atoms with Crippen molar-refractivity contribution in [3.8, 4) is 0 Å². The largest absolute Gasteiger partial charge is 0.384 e. The number of aliphatic hydroxyl groups is 1. The smallest absolute Gasteiger partial charge is 0.100 e. The molecule has 92 valence electrons. The van der Waals surface area contributed by atoms with Crippen LogP contribution in [0.5, 0.6) is 0 Å². The summed E-state index contributed by atoms with van der Waals surface area (Å²) in [6.07, 6.45) is 8.82. The van der Waals surface area contributed by atoms with E-state index in [0.29, 0.717) is 0 Å². The van der Waals surface area contributed by atoms with Gasteiger partial charge in [-0.05, 0) is 48.8 Å². The zero-order valence-electron chi connectivity index (χ0n) is 10.7. The molecule has 1 nitrogen and oxygen atoms in total. The van der Waals surface area contributed by atoms with Crippen molar-refractivity contribution in [3.63, 3.8) is 0 Å². The third-order valence-electron chi connectivity index (χ3n) is 3.66. The first-order chi connectivity index (χ1) is 8.33. The van der Waals surface area contributed by atoms with Crippen LogP contribution in [-0.2, 0) is 6.42 Å². The molecule has 0 fully saturated rings. The maximum atomic E-state index is 10.5. The molecule has 1 heteroatoms. The number of hydrogen-bond acceptors (Lipinski definition) is 1. The predicted molar refractivity (Wildman–Crippen MR) is 71.9 cm³/mol. The minimum atomic E-state index is -0.385. The van der Waals surface area contributed by atoms with Crippen molar-refractivity contribution in [2.75, 3.05) is 0 Å². The SMILES string of the molecule is CCc1ccccc1C(O)C1=CCCCCC1. The van der Waals surface area contributed by atoms with Gasteiger partial charge in [0.25, 0.3) is 0 Å². The average molecular weight is 230 g/mol. The van der Waals surface area contributed by atoms with Crippen LogP contribution in [0, 0.1) is 0 Å². The summed E-state index contributed by atoms with van der Waals surface area (Å²) in [5, 5.41) is 10.5. The van der Waals surface area contributed by atoms with Crippen LogP contribution in [0.2, 0.25) is 0 Å². The minimum Gasteiger partial charge on any atom is -0.384 e. The van der Waals surface area contributed by atoms with E-state index in [1.165, 1.54) is 30.4 Å². The third kappa shape index (κ3) is 2.98. The Kier molecular flexibility index (Phi) is 4.38. The first-order valence-corrected chi connectivity index (χ1v) is 6.77. The van der Waals surface area contributed by atoms with E-state index in [2.05, 4.69) is 31.2 Å². The number of aliphatic hydroxyl groups excluding tert-OH is 1. The molecule has 0 bridgehead atoms. The second kappa shape index (κ2) is 6.02. The topological polar surface area (TPSA) is 20.2 Å². The third-order valence-corrected chi connectivity index (χ3v) is 3.66. The molecule has 0 saturated heterocycles. The van der Waals surface area contributed by atoms with Gasteiger partial charge in [0.15, 0.2) is 0 Å². The molecule has 1 aromatic carbocycles. The second-order valence-corrected chi connectivity index (χ2v) is 4.83. The van der Waals surface area contributed by atoms with Gasteiger partial charge in [0.05, 0.1) is 0 Å². The molecule has 0 amide bonds. The summed E-state index contributed by atoms with van der Waals surface area (Å²) in [5.41, 5.74) is 3.59. The summed E-state index contributed by atoms with van der Waals surface area (Å²) in [5.74, 6) is 0. The molecule has 1 atom stereocenters. The lowest BCUT2D eigenvalue weighted by Crippen LogP contribution is -2.04. The van der Waals surface area contributed by atoms with E-state index in [0.717, 1.165) is 24.8 Å². The fourth-order valence-corrected chi connectivity index (χ4v) is 2.61. The van der Waals surface area contributed by atoms with Crippen LogP contribution < -0.4 is 0 Å². The van der Waals surface area contributed by atoms with Crippen LogP contribution in [0.1, 0.15) is 56.3 Å². The quantitative estimate of drug-likeness (QED) is 0.773. The minimum absolute atomic E-state index is 0.385. The molecule has 0 spiro atoms. The monoisotopic (exact) mass is 230 g/mol. The second-order valence-electron chi connectivity index (χ2n) is 4.83. The zero-order chi connectivity index (χ0) is 12.1. The number of rotatable bonds is 3. The summed E-state index contributed by atoms with van der Waals surface area (Å²) in [6.45, 7) is 2.15. The Hall–Kier alpha value is -1.08. The molecule has 1 aliphatic rings. The fourth-order valence-electron chi connectivity index (χ4n) is 2.61. The van der Waals surface area contributed by atoms with Crippen molar-refractivity contribution in [2.45, 2.75) is 51.6 Å². The fraction of sp³-hybridized carbons (Fsp3) is 0.500. The Balaban J connectivity index is 2.23. The van der Waals surface area contributed by atoms with E-state index >= 15 is 0 Å². The van der Waals surface area contributed by atoms with Gasteiger partial charge in [-0.2, -0.15) is 0 Å². The Morgan fingerprint density at radius 3 is 2.82 bits per heavy atom. The molecule has 1 N–H and O–H groups in total. The molecule has 1 aromatic rings. The maximum Gasteiger partial charge on any atom is 0.100 e. The van der Waals surface area contributed by atoms with Gasteiger partial charge >= 0.3 is 0 Å². The number of aryl methyl sites for hydroxylation is 1. The Morgan fingerprint density at radius 1 is 1.18 bits per heavy atom. The van der Waals surface area contributed by atoms with Gasteiger partial charge in [-0.25, -0.2) is 0 Å². The lowest BCUT2D eigenvalue weighted by atomic mass is 9.93. The van der Waals surface area contributed by atoms with Gasteiger partial charge in [-0.1, -0.05) is 43.7 Å². The van der Waals surface area contributed by atoms with Crippen molar-refractivity contribution in [1.82, 2.24) is 0 Å². The Bertz CT molecular complexity index is 392. The molecular formula is C16H22O. The molecule has 0 radical (unpaired) electrons. The lowest BCUT2D eigenvalue weighted by Gasteiger charge is -2.17. The molecule has 1 unspecified atom stereocenters. The van der Waals surface area contributed by atoms with Gasteiger partial charge in [-0.15, -0.1) is 0 Å². The van der Waals surface area contributed by atoms with Crippen LogP contribution in [-0.4, -0.2) is 5.11 Å². The van der Waals surface area contributed by atoms with Crippen LogP contribution in [0.3, 0.4) is 0 Å². The molecule has 0 saturated carbocycles. The zero-order valence-corrected chi connectivity index (χ0v) is 10.7.